The fourth-order valence-corrected chi connectivity index (χ4v) is 7.24. The highest BCUT2D eigenvalue weighted by atomic mass is 32.2. The van der Waals surface area contributed by atoms with E-state index in [4.69, 9.17) is 9.97 Å². The van der Waals surface area contributed by atoms with E-state index in [2.05, 4.69) is 130 Å². The summed E-state index contributed by atoms with van der Waals surface area (Å²) in [5.41, 5.74) is 8.81. The summed E-state index contributed by atoms with van der Waals surface area (Å²) in [4.78, 5) is 13.0. The van der Waals surface area contributed by atoms with Gasteiger partial charge in [-0.05, 0) is 42.5 Å². The number of nitrogens with zero attached hydrogens (tertiary/aromatic N) is 4. The Hall–Kier alpha value is -4.87. The van der Waals surface area contributed by atoms with Crippen molar-refractivity contribution in [1.29, 1.82) is 0 Å². The summed E-state index contributed by atoms with van der Waals surface area (Å²) >= 11 is 1.80. The first-order valence-electron chi connectivity index (χ1n) is 13.0. The average molecular weight is 517 g/mol. The third-order valence-electron chi connectivity index (χ3n) is 7.72. The lowest BCUT2D eigenvalue weighted by Crippen LogP contribution is -2.05. The van der Waals surface area contributed by atoms with E-state index < -0.39 is 0 Å². The van der Waals surface area contributed by atoms with Crippen molar-refractivity contribution >= 4 is 55.5 Å². The molecule has 5 aromatic carbocycles. The molecule has 0 N–H and O–H groups in total. The van der Waals surface area contributed by atoms with Gasteiger partial charge in [-0.15, -0.1) is 0 Å². The molecule has 1 aliphatic rings. The Kier molecular flexibility index (Phi) is 4.23. The summed E-state index contributed by atoms with van der Waals surface area (Å²) in [5.74, 6) is 0.693. The molecule has 0 amide bonds. The molecule has 0 saturated carbocycles. The molecule has 0 saturated heterocycles. The maximum Gasteiger partial charge on any atom is 0.235 e. The van der Waals surface area contributed by atoms with E-state index in [1.165, 1.54) is 31.6 Å². The van der Waals surface area contributed by atoms with Crippen LogP contribution in [0.3, 0.4) is 0 Å². The predicted molar refractivity (Wildman–Crippen MR) is 160 cm³/mol. The second-order valence-corrected chi connectivity index (χ2v) is 10.9. The molecule has 0 atom stereocenters. The van der Waals surface area contributed by atoms with Crippen molar-refractivity contribution in [2.24, 2.45) is 0 Å². The number of fused-ring (bicyclic) bond motifs is 7. The van der Waals surface area contributed by atoms with Crippen molar-refractivity contribution in [2.75, 3.05) is 0 Å². The van der Waals surface area contributed by atoms with Crippen LogP contribution in [0, 0.1) is 0 Å². The molecular formula is C34H20N4S. The monoisotopic (exact) mass is 516 g/mol. The van der Waals surface area contributed by atoms with Crippen molar-refractivity contribution in [2.45, 2.75) is 9.79 Å². The number of hydrogen-bond donors (Lipinski definition) is 0. The fraction of sp³-hybridized carbons (Fsp3) is 0. The van der Waals surface area contributed by atoms with Gasteiger partial charge < -0.3 is 4.57 Å². The average Bonchev–Trinajstić information content (AvgIpc) is 3.50. The Morgan fingerprint density at radius 3 is 1.97 bits per heavy atom. The third kappa shape index (κ3) is 2.85. The van der Waals surface area contributed by atoms with Crippen molar-refractivity contribution in [3.8, 4) is 22.9 Å². The summed E-state index contributed by atoms with van der Waals surface area (Å²) in [7, 11) is 0. The van der Waals surface area contributed by atoms with Crippen LogP contribution in [0.4, 0.5) is 0 Å². The highest BCUT2D eigenvalue weighted by Gasteiger charge is 2.26. The number of para-hydroxylation sites is 3. The molecule has 0 spiro atoms. The van der Waals surface area contributed by atoms with Crippen LogP contribution in [0.2, 0.25) is 0 Å². The lowest BCUT2D eigenvalue weighted by Gasteiger charge is -2.20. The number of aromatic nitrogens is 4. The Morgan fingerprint density at radius 1 is 0.513 bits per heavy atom. The molecule has 4 nitrogen and oxygen atoms in total. The second kappa shape index (κ2) is 7.82. The minimum atomic E-state index is 0.693. The minimum absolute atomic E-state index is 0.693. The van der Waals surface area contributed by atoms with Crippen LogP contribution >= 0.6 is 11.8 Å². The van der Waals surface area contributed by atoms with E-state index in [0.29, 0.717) is 5.95 Å². The first-order chi connectivity index (χ1) is 19.4. The van der Waals surface area contributed by atoms with Gasteiger partial charge in [0.15, 0.2) is 0 Å². The summed E-state index contributed by atoms with van der Waals surface area (Å²) in [6, 6.07) is 42.8. The van der Waals surface area contributed by atoms with Gasteiger partial charge in [0.25, 0.3) is 0 Å². The lowest BCUT2D eigenvalue weighted by molar-refractivity contribution is 1.01. The Morgan fingerprint density at radius 2 is 1.15 bits per heavy atom. The number of rotatable bonds is 2. The maximum absolute atomic E-state index is 5.33. The van der Waals surface area contributed by atoms with Crippen molar-refractivity contribution in [1.82, 2.24) is 19.1 Å². The zero-order valence-electron chi connectivity index (χ0n) is 20.7. The number of hydrogen-bond acceptors (Lipinski definition) is 3. The van der Waals surface area contributed by atoms with E-state index in [1.54, 1.807) is 11.8 Å². The minimum Gasteiger partial charge on any atom is -0.307 e. The van der Waals surface area contributed by atoms with Gasteiger partial charge in [0, 0.05) is 37.2 Å². The second-order valence-electron chi connectivity index (χ2n) is 9.86. The standard InChI is InChI=1S/C34H20N4S/c1-2-11-21(12-3-1)37-26-17-7-4-13-22(26)33-32(37)23-14-5-8-18-27(23)38(33)34-35-25-16-10-20-29-30(25)31(36-34)24-15-6-9-19-28(24)39-29/h1-20H. The SMILES string of the molecule is c1ccc(-n2c3ccccc3c3c2c2ccccc2n3-c2nc3c4c(cccc4n2)Sc2ccccc2-3)cc1. The van der Waals surface area contributed by atoms with Crippen LogP contribution in [0.15, 0.2) is 131 Å². The van der Waals surface area contributed by atoms with Gasteiger partial charge in [-0.3, -0.25) is 4.57 Å². The van der Waals surface area contributed by atoms with Crippen LogP contribution in [-0.4, -0.2) is 19.1 Å². The van der Waals surface area contributed by atoms with Crippen molar-refractivity contribution in [3.05, 3.63) is 121 Å². The maximum atomic E-state index is 5.33. The molecule has 0 fully saturated rings. The van der Waals surface area contributed by atoms with Gasteiger partial charge >= 0.3 is 0 Å². The number of benzene rings is 5. The highest BCUT2D eigenvalue weighted by Crippen LogP contribution is 2.47. The summed E-state index contributed by atoms with van der Waals surface area (Å²) in [6.45, 7) is 0. The van der Waals surface area contributed by atoms with Gasteiger partial charge in [0.1, 0.15) is 0 Å². The van der Waals surface area contributed by atoms with Crippen LogP contribution < -0.4 is 0 Å². The lowest BCUT2D eigenvalue weighted by atomic mass is 10.1. The quantitative estimate of drug-likeness (QED) is 0.230. The van der Waals surface area contributed by atoms with Gasteiger partial charge in [-0.25, -0.2) is 9.97 Å². The van der Waals surface area contributed by atoms with Crippen molar-refractivity contribution < 1.29 is 0 Å². The molecule has 5 heteroatoms. The molecule has 0 aliphatic carbocycles. The smallest absolute Gasteiger partial charge is 0.235 e. The predicted octanol–water partition coefficient (Wildman–Crippen LogP) is 8.80. The van der Waals surface area contributed by atoms with Crippen LogP contribution in [0.5, 0.6) is 0 Å². The molecule has 4 heterocycles. The van der Waals surface area contributed by atoms with Crippen LogP contribution in [0.25, 0.3) is 66.6 Å². The van der Waals surface area contributed by atoms with E-state index in [9.17, 15) is 0 Å². The highest BCUT2D eigenvalue weighted by molar-refractivity contribution is 7.99. The van der Waals surface area contributed by atoms with Gasteiger partial charge in [-0.2, -0.15) is 0 Å². The van der Waals surface area contributed by atoms with E-state index in [0.717, 1.165) is 38.9 Å². The first-order valence-corrected chi connectivity index (χ1v) is 13.8. The van der Waals surface area contributed by atoms with Crippen LogP contribution in [0.1, 0.15) is 0 Å². The molecule has 0 unspecified atom stereocenters. The molecule has 1 aliphatic heterocycles. The molecule has 39 heavy (non-hydrogen) atoms. The molecule has 0 bridgehead atoms. The van der Waals surface area contributed by atoms with Gasteiger partial charge in [-0.1, -0.05) is 90.6 Å². The summed E-state index contributed by atoms with van der Waals surface area (Å²) in [5, 5.41) is 3.48. The molecule has 9 rings (SSSR count). The van der Waals surface area contributed by atoms with E-state index in [-0.39, 0.29) is 0 Å². The zero-order valence-corrected chi connectivity index (χ0v) is 21.6. The Bertz CT molecular complexity index is 2250. The molecule has 3 aromatic heterocycles. The topological polar surface area (TPSA) is 35.6 Å². The largest absolute Gasteiger partial charge is 0.307 e. The summed E-state index contributed by atoms with van der Waals surface area (Å²) < 4.78 is 4.64. The van der Waals surface area contributed by atoms with Crippen molar-refractivity contribution in [3.63, 3.8) is 0 Å². The molecular weight excluding hydrogens is 496 g/mol. The van der Waals surface area contributed by atoms with E-state index >= 15 is 0 Å². The normalized spacial score (nSPS) is 12.5. The third-order valence-corrected chi connectivity index (χ3v) is 8.86. The van der Waals surface area contributed by atoms with Gasteiger partial charge in [0.2, 0.25) is 5.95 Å². The summed E-state index contributed by atoms with van der Waals surface area (Å²) in [6.07, 6.45) is 0. The van der Waals surface area contributed by atoms with Gasteiger partial charge in [0.05, 0.1) is 33.3 Å². The molecule has 0 radical (unpaired) electrons. The van der Waals surface area contributed by atoms with E-state index in [1.807, 2.05) is 0 Å². The fourth-order valence-electron chi connectivity index (χ4n) is 6.13. The Labute approximate surface area is 228 Å². The molecule has 182 valence electrons. The Balaban J connectivity index is 1.47. The first kappa shape index (κ1) is 21.1. The molecule has 8 aromatic rings. The zero-order chi connectivity index (χ0) is 25.5. The van der Waals surface area contributed by atoms with Crippen LogP contribution in [-0.2, 0) is 0 Å².